The van der Waals surface area contributed by atoms with E-state index < -0.39 is 11.7 Å². The molecule has 0 aliphatic heterocycles. The van der Waals surface area contributed by atoms with Gasteiger partial charge in [0, 0.05) is 18.3 Å². The maximum atomic E-state index is 13.7. The Balaban J connectivity index is 2.19. The predicted molar refractivity (Wildman–Crippen MR) is 77.8 cm³/mol. The molecule has 2 N–H and O–H groups in total. The molecule has 0 spiro atoms. The summed E-state index contributed by atoms with van der Waals surface area (Å²) < 4.78 is 13.7. The highest BCUT2D eigenvalue weighted by molar-refractivity contribution is 6.31. The number of anilines is 2. The van der Waals surface area contributed by atoms with Gasteiger partial charge in [0.15, 0.2) is 5.82 Å². The van der Waals surface area contributed by atoms with E-state index in [9.17, 15) is 9.18 Å². The zero-order valence-electron chi connectivity index (χ0n) is 10.8. The topological polar surface area (TPSA) is 54.0 Å². The zero-order chi connectivity index (χ0) is 14.5. The number of pyridine rings is 1. The lowest BCUT2D eigenvalue weighted by Gasteiger charge is -2.08. The molecule has 0 atom stereocenters. The SMILES string of the molecule is CCNc1cc(C(=O)Nc2cccc(Cl)c2F)ccn1. The summed E-state index contributed by atoms with van der Waals surface area (Å²) in [5.41, 5.74) is 0.430. The predicted octanol–water partition coefficient (Wildman–Crippen LogP) is 3.56. The van der Waals surface area contributed by atoms with Gasteiger partial charge in [-0.3, -0.25) is 4.79 Å². The van der Waals surface area contributed by atoms with Gasteiger partial charge in [-0.25, -0.2) is 9.37 Å². The number of rotatable bonds is 4. The van der Waals surface area contributed by atoms with Crippen molar-refractivity contribution in [2.75, 3.05) is 17.2 Å². The molecule has 2 rings (SSSR count). The van der Waals surface area contributed by atoms with Gasteiger partial charge in [-0.15, -0.1) is 0 Å². The van der Waals surface area contributed by atoms with Crippen LogP contribution in [0.15, 0.2) is 36.5 Å². The van der Waals surface area contributed by atoms with E-state index in [1.54, 1.807) is 18.2 Å². The summed E-state index contributed by atoms with van der Waals surface area (Å²) in [4.78, 5) is 16.1. The molecule has 0 unspecified atom stereocenters. The molecule has 1 aromatic heterocycles. The number of carbonyl (C=O) groups is 1. The molecule has 1 aromatic carbocycles. The van der Waals surface area contributed by atoms with Crippen LogP contribution in [0.2, 0.25) is 5.02 Å². The van der Waals surface area contributed by atoms with Gasteiger partial charge in [0.25, 0.3) is 5.91 Å². The van der Waals surface area contributed by atoms with Gasteiger partial charge in [-0.1, -0.05) is 17.7 Å². The van der Waals surface area contributed by atoms with Crippen LogP contribution in [0.25, 0.3) is 0 Å². The van der Waals surface area contributed by atoms with Gasteiger partial charge in [0.05, 0.1) is 10.7 Å². The Morgan fingerprint density at radius 3 is 2.95 bits per heavy atom. The van der Waals surface area contributed by atoms with Gasteiger partial charge < -0.3 is 10.6 Å². The minimum absolute atomic E-state index is 0.0362. The first-order valence-corrected chi connectivity index (χ1v) is 6.45. The molecule has 20 heavy (non-hydrogen) atoms. The molecule has 1 heterocycles. The van der Waals surface area contributed by atoms with Crippen LogP contribution in [0.1, 0.15) is 17.3 Å². The van der Waals surface area contributed by atoms with E-state index in [4.69, 9.17) is 11.6 Å². The van der Waals surface area contributed by atoms with E-state index >= 15 is 0 Å². The summed E-state index contributed by atoms with van der Waals surface area (Å²) in [7, 11) is 0. The van der Waals surface area contributed by atoms with Crippen LogP contribution in [0.3, 0.4) is 0 Å². The number of benzene rings is 1. The average Bonchev–Trinajstić information content (AvgIpc) is 2.44. The van der Waals surface area contributed by atoms with Crippen LogP contribution in [-0.2, 0) is 0 Å². The number of halogens is 2. The van der Waals surface area contributed by atoms with Crippen molar-refractivity contribution in [2.45, 2.75) is 6.92 Å². The quantitative estimate of drug-likeness (QED) is 0.906. The minimum atomic E-state index is -0.650. The molecule has 104 valence electrons. The normalized spacial score (nSPS) is 10.2. The zero-order valence-corrected chi connectivity index (χ0v) is 11.5. The number of amides is 1. The van der Waals surface area contributed by atoms with Crippen molar-refractivity contribution in [3.63, 3.8) is 0 Å². The van der Waals surface area contributed by atoms with Crippen molar-refractivity contribution in [1.29, 1.82) is 0 Å². The van der Waals surface area contributed by atoms with Crippen LogP contribution in [0.4, 0.5) is 15.9 Å². The fraction of sp³-hybridized carbons (Fsp3) is 0.143. The molecule has 2 aromatic rings. The Morgan fingerprint density at radius 2 is 2.20 bits per heavy atom. The maximum Gasteiger partial charge on any atom is 0.255 e. The average molecular weight is 294 g/mol. The Bertz CT molecular complexity index is 634. The van der Waals surface area contributed by atoms with Gasteiger partial charge in [0.1, 0.15) is 5.82 Å². The summed E-state index contributed by atoms with van der Waals surface area (Å²) in [5, 5.41) is 5.45. The second kappa shape index (κ2) is 6.34. The second-order valence-electron chi connectivity index (χ2n) is 4.02. The van der Waals surface area contributed by atoms with Crippen molar-refractivity contribution < 1.29 is 9.18 Å². The lowest BCUT2D eigenvalue weighted by molar-refractivity contribution is 0.102. The van der Waals surface area contributed by atoms with Crippen molar-refractivity contribution >= 4 is 29.0 Å². The van der Waals surface area contributed by atoms with E-state index in [1.807, 2.05) is 6.92 Å². The first-order valence-electron chi connectivity index (χ1n) is 6.07. The maximum absolute atomic E-state index is 13.7. The van der Waals surface area contributed by atoms with Crippen LogP contribution in [0, 0.1) is 5.82 Å². The van der Waals surface area contributed by atoms with E-state index in [0.29, 0.717) is 17.9 Å². The van der Waals surface area contributed by atoms with Gasteiger partial charge in [-0.05, 0) is 31.2 Å². The molecule has 0 saturated carbocycles. The number of aromatic nitrogens is 1. The molecule has 1 amide bonds. The van der Waals surface area contributed by atoms with Crippen LogP contribution in [0.5, 0.6) is 0 Å². The molecule has 6 heteroatoms. The summed E-state index contributed by atoms with van der Waals surface area (Å²) in [6.45, 7) is 2.62. The summed E-state index contributed by atoms with van der Waals surface area (Å²) in [6.07, 6.45) is 1.52. The monoisotopic (exact) mass is 293 g/mol. The highest BCUT2D eigenvalue weighted by Crippen LogP contribution is 2.22. The highest BCUT2D eigenvalue weighted by atomic mass is 35.5. The third-order valence-corrected chi connectivity index (χ3v) is 2.87. The Hall–Kier alpha value is -2.14. The van der Waals surface area contributed by atoms with Gasteiger partial charge in [0.2, 0.25) is 0 Å². The van der Waals surface area contributed by atoms with Crippen molar-refractivity contribution in [3.8, 4) is 0 Å². The molecule has 0 aliphatic rings. The third kappa shape index (κ3) is 3.24. The fourth-order valence-corrected chi connectivity index (χ4v) is 1.82. The second-order valence-corrected chi connectivity index (χ2v) is 4.42. The van der Waals surface area contributed by atoms with E-state index in [0.717, 1.165) is 0 Å². The number of hydrogen-bond donors (Lipinski definition) is 2. The first-order chi connectivity index (χ1) is 9.61. The summed E-state index contributed by atoms with van der Waals surface area (Å²) in [5.74, 6) is -0.483. The number of nitrogens with zero attached hydrogens (tertiary/aromatic N) is 1. The lowest BCUT2D eigenvalue weighted by atomic mass is 10.2. The number of nitrogens with one attached hydrogen (secondary N) is 2. The number of carbonyl (C=O) groups excluding carboxylic acids is 1. The fourth-order valence-electron chi connectivity index (χ4n) is 1.64. The van der Waals surface area contributed by atoms with E-state index in [2.05, 4.69) is 15.6 Å². The Labute approximate surface area is 121 Å². The molecule has 0 bridgehead atoms. The van der Waals surface area contributed by atoms with Crippen molar-refractivity contribution in [2.24, 2.45) is 0 Å². The Morgan fingerprint density at radius 1 is 1.40 bits per heavy atom. The van der Waals surface area contributed by atoms with Crippen LogP contribution >= 0.6 is 11.6 Å². The summed E-state index contributed by atoms with van der Waals surface area (Å²) >= 11 is 5.66. The van der Waals surface area contributed by atoms with Crippen molar-refractivity contribution in [1.82, 2.24) is 4.98 Å². The molecule has 0 radical (unpaired) electrons. The minimum Gasteiger partial charge on any atom is -0.370 e. The van der Waals surface area contributed by atoms with Gasteiger partial charge in [-0.2, -0.15) is 0 Å². The smallest absolute Gasteiger partial charge is 0.255 e. The largest absolute Gasteiger partial charge is 0.370 e. The standard InChI is InChI=1S/C14H13ClFN3O/c1-2-17-12-8-9(6-7-18-12)14(20)19-11-5-3-4-10(15)13(11)16/h3-8H,2H2,1H3,(H,17,18)(H,19,20). The molecular weight excluding hydrogens is 281 g/mol. The van der Waals surface area contributed by atoms with Crippen LogP contribution < -0.4 is 10.6 Å². The third-order valence-electron chi connectivity index (χ3n) is 2.58. The molecule has 0 fully saturated rings. The molecule has 0 aliphatic carbocycles. The first kappa shape index (κ1) is 14.3. The molecule has 4 nitrogen and oxygen atoms in total. The van der Waals surface area contributed by atoms with Gasteiger partial charge >= 0.3 is 0 Å². The van der Waals surface area contributed by atoms with E-state index in [-0.39, 0.29) is 10.7 Å². The highest BCUT2D eigenvalue weighted by Gasteiger charge is 2.11. The molecular formula is C14H13ClFN3O. The molecule has 0 saturated heterocycles. The number of hydrogen-bond acceptors (Lipinski definition) is 3. The van der Waals surface area contributed by atoms with Crippen molar-refractivity contribution in [3.05, 3.63) is 52.9 Å². The van der Waals surface area contributed by atoms with E-state index in [1.165, 1.54) is 18.3 Å². The van der Waals surface area contributed by atoms with Crippen LogP contribution in [-0.4, -0.2) is 17.4 Å². The Kier molecular flexibility index (Phi) is 4.53. The summed E-state index contributed by atoms with van der Waals surface area (Å²) in [6, 6.07) is 7.59. The lowest BCUT2D eigenvalue weighted by Crippen LogP contribution is -2.14.